The van der Waals surface area contributed by atoms with Crippen molar-refractivity contribution in [2.24, 2.45) is 17.8 Å². The highest BCUT2D eigenvalue weighted by molar-refractivity contribution is 5.88. The van der Waals surface area contributed by atoms with Crippen LogP contribution in [0.1, 0.15) is 69.8 Å². The Morgan fingerprint density at radius 1 is 1.09 bits per heavy atom. The van der Waals surface area contributed by atoms with Crippen LogP contribution in [-0.4, -0.2) is 53.8 Å². The quantitative estimate of drug-likeness (QED) is 0.441. The van der Waals surface area contributed by atoms with Gasteiger partial charge in [0.05, 0.1) is 0 Å². The standard InChI is InChI=1S/C27H40N2O4/c30-25(8-4-7-23(19-26(31)32)10-9-21-5-2-1-3-6-21)20-24-14-18-29(27(24)33)17-13-22-11-15-28-16-12-22/h1-3,5-6,22-24,28H,4,7-20H2,(H,31,32)/t23-,24?/m1/s1. The van der Waals surface area contributed by atoms with Crippen LogP contribution >= 0.6 is 0 Å². The number of hydrogen-bond acceptors (Lipinski definition) is 4. The van der Waals surface area contributed by atoms with Crippen molar-refractivity contribution in [1.29, 1.82) is 0 Å². The van der Waals surface area contributed by atoms with Gasteiger partial charge in [0.2, 0.25) is 5.91 Å². The second-order valence-electron chi connectivity index (χ2n) is 9.92. The number of nitrogens with one attached hydrogen (secondary N) is 1. The Kier molecular flexibility index (Phi) is 10.4. The zero-order valence-electron chi connectivity index (χ0n) is 19.8. The minimum atomic E-state index is -0.777. The highest BCUT2D eigenvalue weighted by Gasteiger charge is 2.33. The third-order valence-corrected chi connectivity index (χ3v) is 7.36. The lowest BCUT2D eigenvalue weighted by Gasteiger charge is -2.25. The number of piperidine rings is 1. The van der Waals surface area contributed by atoms with Crippen molar-refractivity contribution in [2.45, 2.75) is 70.6 Å². The molecule has 1 aromatic carbocycles. The number of amides is 1. The molecule has 0 aromatic heterocycles. The molecule has 2 aliphatic rings. The molecule has 6 nitrogen and oxygen atoms in total. The van der Waals surface area contributed by atoms with Crippen LogP contribution in [0.15, 0.2) is 30.3 Å². The Balaban J connectivity index is 1.35. The zero-order valence-corrected chi connectivity index (χ0v) is 19.8. The number of carbonyl (C=O) groups excluding carboxylic acids is 2. The van der Waals surface area contributed by atoms with Gasteiger partial charge in [-0.2, -0.15) is 0 Å². The number of aliphatic carboxylic acids is 1. The maximum absolute atomic E-state index is 12.7. The van der Waals surface area contributed by atoms with Crippen LogP contribution < -0.4 is 5.32 Å². The number of carboxylic acids is 1. The first kappa shape index (κ1) is 25.4. The van der Waals surface area contributed by atoms with Crippen LogP contribution in [-0.2, 0) is 20.8 Å². The number of carbonyl (C=O) groups is 3. The van der Waals surface area contributed by atoms with Crippen molar-refractivity contribution in [3.05, 3.63) is 35.9 Å². The molecule has 2 N–H and O–H groups in total. The lowest BCUT2D eigenvalue weighted by molar-refractivity contribution is -0.138. The molecule has 2 atom stereocenters. The fraction of sp³-hybridized carbons (Fsp3) is 0.667. The molecule has 0 bridgehead atoms. The summed E-state index contributed by atoms with van der Waals surface area (Å²) in [6.45, 7) is 3.76. The van der Waals surface area contributed by atoms with Crippen LogP contribution in [0.25, 0.3) is 0 Å². The first-order valence-corrected chi connectivity index (χ1v) is 12.8. The third-order valence-electron chi connectivity index (χ3n) is 7.36. The zero-order chi connectivity index (χ0) is 23.5. The summed E-state index contributed by atoms with van der Waals surface area (Å²) in [4.78, 5) is 38.5. The van der Waals surface area contributed by atoms with Crippen molar-refractivity contribution in [3.63, 3.8) is 0 Å². The smallest absolute Gasteiger partial charge is 0.303 e. The summed E-state index contributed by atoms with van der Waals surface area (Å²) in [5.74, 6) is 0.156. The van der Waals surface area contributed by atoms with E-state index in [9.17, 15) is 19.5 Å². The molecule has 2 fully saturated rings. The Hall–Kier alpha value is -2.21. The van der Waals surface area contributed by atoms with Crippen LogP contribution in [0, 0.1) is 17.8 Å². The van der Waals surface area contributed by atoms with E-state index >= 15 is 0 Å². The molecule has 2 saturated heterocycles. The van der Waals surface area contributed by atoms with Gasteiger partial charge in [0.15, 0.2) is 0 Å². The molecular weight excluding hydrogens is 416 g/mol. The summed E-state index contributed by atoms with van der Waals surface area (Å²) in [6, 6.07) is 10.1. The average molecular weight is 457 g/mol. The van der Waals surface area contributed by atoms with Gasteiger partial charge >= 0.3 is 5.97 Å². The van der Waals surface area contributed by atoms with E-state index in [4.69, 9.17) is 0 Å². The summed E-state index contributed by atoms with van der Waals surface area (Å²) in [7, 11) is 0. The summed E-state index contributed by atoms with van der Waals surface area (Å²) in [5.41, 5.74) is 1.22. The molecule has 0 radical (unpaired) electrons. The number of carboxylic acid groups (broad SMARTS) is 1. The molecular formula is C27H40N2O4. The maximum Gasteiger partial charge on any atom is 0.303 e. The average Bonchev–Trinajstić information content (AvgIpc) is 3.16. The monoisotopic (exact) mass is 456 g/mol. The minimum absolute atomic E-state index is 0.0779. The predicted octanol–water partition coefficient (Wildman–Crippen LogP) is 4.08. The van der Waals surface area contributed by atoms with Gasteiger partial charge < -0.3 is 15.3 Å². The second kappa shape index (κ2) is 13.5. The van der Waals surface area contributed by atoms with Crippen LogP contribution in [0.2, 0.25) is 0 Å². The Morgan fingerprint density at radius 2 is 1.85 bits per heavy atom. The van der Waals surface area contributed by atoms with Gasteiger partial charge in [0.1, 0.15) is 5.78 Å². The predicted molar refractivity (Wildman–Crippen MR) is 129 cm³/mol. The van der Waals surface area contributed by atoms with Crippen molar-refractivity contribution in [3.8, 4) is 0 Å². The van der Waals surface area contributed by atoms with Gasteiger partial charge in [0, 0.05) is 38.3 Å². The lowest BCUT2D eigenvalue weighted by atomic mass is 9.90. The summed E-state index contributed by atoms with van der Waals surface area (Å²) >= 11 is 0. The van der Waals surface area contributed by atoms with E-state index in [0.717, 1.165) is 58.3 Å². The molecule has 182 valence electrons. The summed E-state index contributed by atoms with van der Waals surface area (Å²) in [6.07, 6.45) is 8.30. The topological polar surface area (TPSA) is 86.7 Å². The fourth-order valence-electron chi connectivity index (χ4n) is 5.30. The van der Waals surface area contributed by atoms with Crippen LogP contribution in [0.3, 0.4) is 0 Å². The first-order valence-electron chi connectivity index (χ1n) is 12.8. The number of ketones is 1. The molecule has 3 rings (SSSR count). The third kappa shape index (κ3) is 8.92. The van der Waals surface area contributed by atoms with Gasteiger partial charge in [-0.1, -0.05) is 30.3 Å². The van der Waals surface area contributed by atoms with Crippen molar-refractivity contribution in [1.82, 2.24) is 10.2 Å². The molecule has 2 heterocycles. The molecule has 0 aliphatic carbocycles. The van der Waals surface area contributed by atoms with Gasteiger partial charge in [-0.25, -0.2) is 0 Å². The second-order valence-corrected chi connectivity index (χ2v) is 9.92. The van der Waals surface area contributed by atoms with Gasteiger partial charge in [-0.05, 0) is 81.9 Å². The normalized spacial score (nSPS) is 20.2. The largest absolute Gasteiger partial charge is 0.481 e. The van der Waals surface area contributed by atoms with E-state index < -0.39 is 5.97 Å². The number of hydrogen-bond donors (Lipinski definition) is 2. The SMILES string of the molecule is O=C(O)C[C@H](CCCC(=O)CC1CCN(CCC2CCNCC2)C1=O)CCc1ccccc1. The number of rotatable bonds is 14. The van der Waals surface area contributed by atoms with Crippen molar-refractivity contribution < 1.29 is 19.5 Å². The molecule has 33 heavy (non-hydrogen) atoms. The van der Waals surface area contributed by atoms with E-state index in [2.05, 4.69) is 17.4 Å². The Labute approximate surface area is 198 Å². The Morgan fingerprint density at radius 3 is 2.58 bits per heavy atom. The van der Waals surface area contributed by atoms with E-state index in [1.807, 2.05) is 23.1 Å². The van der Waals surface area contributed by atoms with E-state index in [1.54, 1.807) is 0 Å². The van der Waals surface area contributed by atoms with E-state index in [-0.39, 0.29) is 29.9 Å². The first-order chi connectivity index (χ1) is 16.0. The minimum Gasteiger partial charge on any atom is -0.481 e. The fourth-order valence-corrected chi connectivity index (χ4v) is 5.30. The molecule has 6 heteroatoms. The van der Waals surface area contributed by atoms with Crippen molar-refractivity contribution >= 4 is 17.7 Å². The number of aryl methyl sites for hydroxylation is 1. The van der Waals surface area contributed by atoms with E-state index in [0.29, 0.717) is 25.2 Å². The molecule has 1 amide bonds. The molecule has 0 spiro atoms. The lowest BCUT2D eigenvalue weighted by Crippen LogP contribution is -2.33. The van der Waals surface area contributed by atoms with Crippen LogP contribution in [0.5, 0.6) is 0 Å². The van der Waals surface area contributed by atoms with Gasteiger partial charge in [-0.3, -0.25) is 14.4 Å². The Bertz CT molecular complexity index is 761. The number of likely N-dealkylation sites (tertiary alicyclic amines) is 1. The number of nitrogens with zero attached hydrogens (tertiary/aromatic N) is 1. The van der Waals surface area contributed by atoms with Gasteiger partial charge in [-0.15, -0.1) is 0 Å². The van der Waals surface area contributed by atoms with E-state index in [1.165, 1.54) is 18.4 Å². The number of Topliss-reactive ketones (excluding diaryl/α,β-unsaturated/α-hetero) is 1. The maximum atomic E-state index is 12.7. The molecule has 1 unspecified atom stereocenters. The molecule has 1 aromatic rings. The molecule has 2 aliphatic heterocycles. The summed E-state index contributed by atoms with van der Waals surface area (Å²) in [5, 5.41) is 12.6. The number of benzene rings is 1. The molecule has 0 saturated carbocycles. The summed E-state index contributed by atoms with van der Waals surface area (Å²) < 4.78 is 0. The highest BCUT2D eigenvalue weighted by Crippen LogP contribution is 2.26. The highest BCUT2D eigenvalue weighted by atomic mass is 16.4. The van der Waals surface area contributed by atoms with Crippen LogP contribution in [0.4, 0.5) is 0 Å². The van der Waals surface area contributed by atoms with Gasteiger partial charge in [0.25, 0.3) is 0 Å². The van der Waals surface area contributed by atoms with Crippen molar-refractivity contribution in [2.75, 3.05) is 26.2 Å².